The molecule has 0 unspecified atom stereocenters. The van der Waals surface area contributed by atoms with Gasteiger partial charge in [-0.05, 0) is 28.3 Å². The molecule has 0 aliphatic carbocycles. The van der Waals surface area contributed by atoms with Crippen molar-refractivity contribution in [2.24, 2.45) is 0 Å². The molecule has 12 heavy (non-hydrogen) atoms. The molecule has 0 spiro atoms. The van der Waals surface area contributed by atoms with Crippen LogP contribution in [0.15, 0.2) is 27.8 Å². The van der Waals surface area contributed by atoms with Gasteiger partial charge in [0.15, 0.2) is 0 Å². The molecule has 2 aromatic heterocycles. The summed E-state index contributed by atoms with van der Waals surface area (Å²) in [5.74, 6) is 0. The number of fused-ring (bicyclic) bond motifs is 1. The lowest BCUT2D eigenvalue weighted by Gasteiger charge is -2.00. The van der Waals surface area contributed by atoms with Gasteiger partial charge in [-0.2, -0.15) is 0 Å². The van der Waals surface area contributed by atoms with Gasteiger partial charge in [0.2, 0.25) is 0 Å². The lowest BCUT2D eigenvalue weighted by molar-refractivity contribution is 1.28. The summed E-state index contributed by atoms with van der Waals surface area (Å²) < 4.78 is 1.06. The van der Waals surface area contributed by atoms with Gasteiger partial charge in [0.25, 0.3) is 0 Å². The molecule has 0 aliphatic rings. The van der Waals surface area contributed by atoms with Crippen molar-refractivity contribution >= 4 is 38.7 Å². The zero-order valence-electron chi connectivity index (χ0n) is 6.47. The highest BCUT2D eigenvalue weighted by atomic mass is 79.9. The fourth-order valence-corrected chi connectivity index (χ4v) is 2.60. The molecule has 0 atom stereocenters. The molecule has 62 valence electrons. The first-order valence-electron chi connectivity index (χ1n) is 3.48. The molecule has 0 bridgehead atoms. The summed E-state index contributed by atoms with van der Waals surface area (Å²) in [4.78, 5) is 8.55. The van der Waals surface area contributed by atoms with Crippen LogP contribution in [0.1, 0.15) is 0 Å². The van der Waals surface area contributed by atoms with Crippen LogP contribution in [0.25, 0.3) is 11.0 Å². The Morgan fingerprint density at radius 1 is 1.58 bits per heavy atom. The van der Waals surface area contributed by atoms with E-state index in [0.717, 1.165) is 10.1 Å². The smallest absolute Gasteiger partial charge is 0.138 e. The highest BCUT2D eigenvalue weighted by Crippen LogP contribution is 2.31. The molecule has 0 fully saturated rings. The summed E-state index contributed by atoms with van der Waals surface area (Å²) in [5.41, 5.74) is 0.947. The number of halogens is 1. The largest absolute Gasteiger partial charge is 0.346 e. The van der Waals surface area contributed by atoms with E-state index in [1.807, 2.05) is 18.5 Å². The van der Waals surface area contributed by atoms with Crippen LogP contribution in [-0.2, 0) is 0 Å². The van der Waals surface area contributed by atoms with Crippen LogP contribution in [-0.4, -0.2) is 16.2 Å². The van der Waals surface area contributed by atoms with Crippen LogP contribution in [0.4, 0.5) is 0 Å². The number of aromatic amines is 1. The number of rotatable bonds is 1. The zero-order chi connectivity index (χ0) is 8.55. The Kier molecular flexibility index (Phi) is 2.11. The lowest BCUT2D eigenvalue weighted by atomic mass is 10.3. The number of hydrogen-bond acceptors (Lipinski definition) is 2. The molecular formula is C8H7BrN2S. The van der Waals surface area contributed by atoms with Gasteiger partial charge in [-0.1, -0.05) is 0 Å². The molecule has 0 aromatic carbocycles. The van der Waals surface area contributed by atoms with Crippen molar-refractivity contribution < 1.29 is 0 Å². The topological polar surface area (TPSA) is 28.7 Å². The van der Waals surface area contributed by atoms with E-state index in [1.54, 1.807) is 11.8 Å². The maximum absolute atomic E-state index is 4.23. The Bertz CT molecular complexity index is 410. The summed E-state index contributed by atoms with van der Waals surface area (Å²) in [6.45, 7) is 0. The molecule has 2 heterocycles. The van der Waals surface area contributed by atoms with Crippen LogP contribution in [0.2, 0.25) is 0 Å². The summed E-state index contributed by atoms with van der Waals surface area (Å²) in [6.07, 6.45) is 5.79. The van der Waals surface area contributed by atoms with E-state index in [4.69, 9.17) is 0 Å². The van der Waals surface area contributed by atoms with Gasteiger partial charge in [0.1, 0.15) is 5.65 Å². The summed E-state index contributed by atoms with van der Waals surface area (Å²) >= 11 is 5.19. The predicted octanol–water partition coefficient (Wildman–Crippen LogP) is 3.05. The minimum Gasteiger partial charge on any atom is -0.346 e. The molecule has 1 N–H and O–H groups in total. The van der Waals surface area contributed by atoms with E-state index >= 15 is 0 Å². The minimum absolute atomic E-state index is 0.947. The molecule has 0 saturated carbocycles. The van der Waals surface area contributed by atoms with Crippen LogP contribution in [0.3, 0.4) is 0 Å². The molecular weight excluding hydrogens is 236 g/mol. The van der Waals surface area contributed by atoms with E-state index in [-0.39, 0.29) is 0 Å². The summed E-state index contributed by atoms with van der Waals surface area (Å²) in [5, 5.41) is 1.18. The standard InChI is InChI=1S/C8H7BrN2S/c1-12-7-5-2-3-10-8(5)11-4-6(7)9/h2-4H,1H3,(H,10,11). The average molecular weight is 243 g/mol. The van der Waals surface area contributed by atoms with E-state index in [2.05, 4.69) is 32.2 Å². The number of aromatic nitrogens is 2. The molecule has 0 aliphatic heterocycles. The Labute approximate surface area is 82.9 Å². The average Bonchev–Trinajstić information content (AvgIpc) is 2.52. The molecule has 2 aromatic rings. The monoisotopic (exact) mass is 242 g/mol. The summed E-state index contributed by atoms with van der Waals surface area (Å²) in [6, 6.07) is 2.04. The van der Waals surface area contributed by atoms with Crippen molar-refractivity contribution in [3.63, 3.8) is 0 Å². The Hall–Kier alpha value is -0.480. The molecule has 2 nitrogen and oxygen atoms in total. The SMILES string of the molecule is CSc1c(Br)cnc2[nH]ccc12. The number of thioether (sulfide) groups is 1. The molecule has 0 radical (unpaired) electrons. The fraction of sp³-hybridized carbons (Fsp3) is 0.125. The van der Waals surface area contributed by atoms with Gasteiger partial charge < -0.3 is 4.98 Å². The fourth-order valence-electron chi connectivity index (χ4n) is 1.17. The quantitative estimate of drug-likeness (QED) is 0.780. The highest BCUT2D eigenvalue weighted by molar-refractivity contribution is 9.10. The number of pyridine rings is 1. The van der Waals surface area contributed by atoms with E-state index in [1.165, 1.54) is 10.3 Å². The molecule has 4 heteroatoms. The van der Waals surface area contributed by atoms with Crippen molar-refractivity contribution in [3.05, 3.63) is 22.9 Å². The second kappa shape index (κ2) is 3.11. The second-order valence-corrected chi connectivity index (χ2v) is 4.05. The van der Waals surface area contributed by atoms with Crippen LogP contribution >= 0.6 is 27.7 Å². The first kappa shape index (κ1) is 8.13. The highest BCUT2D eigenvalue weighted by Gasteiger charge is 2.05. The second-order valence-electron chi connectivity index (χ2n) is 2.38. The number of nitrogens with one attached hydrogen (secondary N) is 1. The van der Waals surface area contributed by atoms with E-state index in [9.17, 15) is 0 Å². The normalized spacial score (nSPS) is 10.8. The van der Waals surface area contributed by atoms with Gasteiger partial charge in [-0.3, -0.25) is 0 Å². The number of H-pyrrole nitrogens is 1. The first-order valence-corrected chi connectivity index (χ1v) is 5.50. The lowest BCUT2D eigenvalue weighted by Crippen LogP contribution is -1.80. The van der Waals surface area contributed by atoms with Gasteiger partial charge >= 0.3 is 0 Å². The maximum Gasteiger partial charge on any atom is 0.138 e. The zero-order valence-corrected chi connectivity index (χ0v) is 8.87. The third-order valence-corrected chi connectivity index (χ3v) is 3.41. The summed E-state index contributed by atoms with van der Waals surface area (Å²) in [7, 11) is 0. The molecule has 0 amide bonds. The Morgan fingerprint density at radius 3 is 3.17 bits per heavy atom. The van der Waals surface area contributed by atoms with Crippen LogP contribution < -0.4 is 0 Å². The van der Waals surface area contributed by atoms with Crippen molar-refractivity contribution in [2.75, 3.05) is 6.26 Å². The third-order valence-electron chi connectivity index (χ3n) is 1.70. The minimum atomic E-state index is 0.947. The van der Waals surface area contributed by atoms with Gasteiger partial charge in [0, 0.05) is 22.7 Å². The van der Waals surface area contributed by atoms with Crippen molar-refractivity contribution in [1.29, 1.82) is 0 Å². The third kappa shape index (κ3) is 1.15. The van der Waals surface area contributed by atoms with Gasteiger partial charge in [0.05, 0.1) is 4.47 Å². The molecule has 0 saturated heterocycles. The van der Waals surface area contributed by atoms with Crippen molar-refractivity contribution in [2.45, 2.75) is 4.90 Å². The molecule has 2 rings (SSSR count). The Balaban J connectivity index is 2.83. The van der Waals surface area contributed by atoms with Crippen LogP contribution in [0.5, 0.6) is 0 Å². The van der Waals surface area contributed by atoms with Crippen molar-refractivity contribution in [3.8, 4) is 0 Å². The number of hydrogen-bond donors (Lipinski definition) is 1. The Morgan fingerprint density at radius 2 is 2.42 bits per heavy atom. The van der Waals surface area contributed by atoms with Crippen molar-refractivity contribution in [1.82, 2.24) is 9.97 Å². The van der Waals surface area contributed by atoms with Gasteiger partial charge in [-0.15, -0.1) is 11.8 Å². The number of nitrogens with zero attached hydrogens (tertiary/aromatic N) is 1. The maximum atomic E-state index is 4.23. The van der Waals surface area contributed by atoms with E-state index in [0.29, 0.717) is 0 Å². The van der Waals surface area contributed by atoms with E-state index < -0.39 is 0 Å². The van der Waals surface area contributed by atoms with Crippen LogP contribution in [0, 0.1) is 0 Å². The first-order chi connectivity index (χ1) is 5.83. The predicted molar refractivity (Wildman–Crippen MR) is 55.6 cm³/mol. The van der Waals surface area contributed by atoms with Gasteiger partial charge in [-0.25, -0.2) is 4.98 Å².